The molecule has 2 N–H and O–H groups in total. The summed E-state index contributed by atoms with van der Waals surface area (Å²) in [5.74, 6) is 2.15. The first-order chi connectivity index (χ1) is 7.29. The van der Waals surface area contributed by atoms with E-state index in [1.165, 1.54) is 19.3 Å². The Morgan fingerprint density at radius 1 is 1.60 bits per heavy atom. The summed E-state index contributed by atoms with van der Waals surface area (Å²) in [4.78, 5) is 10.7. The molecule has 0 bridgehead atoms. The van der Waals surface area contributed by atoms with Gasteiger partial charge in [-0.2, -0.15) is 4.98 Å². The van der Waals surface area contributed by atoms with Crippen molar-refractivity contribution in [2.45, 2.75) is 26.2 Å². The predicted octanol–water partition coefficient (Wildman–Crippen LogP) is 1.69. The lowest BCUT2D eigenvalue weighted by molar-refractivity contribution is 0.529. The molecule has 1 saturated heterocycles. The fraction of sp³-hybridized carbons (Fsp3) is 0.636. The van der Waals surface area contributed by atoms with Crippen molar-refractivity contribution < 1.29 is 0 Å². The van der Waals surface area contributed by atoms with Crippen LogP contribution in [0, 0.1) is 5.92 Å². The highest BCUT2D eigenvalue weighted by Gasteiger charge is 2.23. The minimum atomic E-state index is 0.555. The quantitative estimate of drug-likeness (QED) is 0.817. The molecule has 1 aliphatic rings. The van der Waals surface area contributed by atoms with Gasteiger partial charge >= 0.3 is 0 Å². The third-order valence-corrected chi connectivity index (χ3v) is 2.93. The molecule has 0 spiro atoms. The monoisotopic (exact) mass is 206 g/mol. The van der Waals surface area contributed by atoms with E-state index in [1.807, 2.05) is 0 Å². The lowest BCUT2D eigenvalue weighted by atomic mass is 10.0. The molecule has 2 heterocycles. The van der Waals surface area contributed by atoms with Crippen LogP contribution in [-0.2, 0) is 0 Å². The Morgan fingerprint density at radius 2 is 2.47 bits per heavy atom. The molecule has 1 aromatic rings. The van der Waals surface area contributed by atoms with Crippen LogP contribution in [0.1, 0.15) is 26.2 Å². The van der Waals surface area contributed by atoms with E-state index in [9.17, 15) is 0 Å². The van der Waals surface area contributed by atoms with E-state index in [1.54, 1.807) is 12.3 Å². The number of anilines is 2. The maximum Gasteiger partial charge on any atom is 0.227 e. The van der Waals surface area contributed by atoms with Gasteiger partial charge in [0, 0.05) is 19.3 Å². The molecule has 4 heteroatoms. The van der Waals surface area contributed by atoms with Crippen LogP contribution < -0.4 is 10.6 Å². The molecule has 1 unspecified atom stereocenters. The van der Waals surface area contributed by atoms with Crippen molar-refractivity contribution in [2.75, 3.05) is 23.7 Å². The van der Waals surface area contributed by atoms with Crippen molar-refractivity contribution in [3.63, 3.8) is 0 Å². The van der Waals surface area contributed by atoms with Crippen molar-refractivity contribution in [1.29, 1.82) is 0 Å². The lowest BCUT2D eigenvalue weighted by Gasteiger charge is -2.15. The van der Waals surface area contributed by atoms with E-state index in [0.717, 1.165) is 25.0 Å². The minimum absolute atomic E-state index is 0.555. The van der Waals surface area contributed by atoms with E-state index in [0.29, 0.717) is 5.82 Å². The summed E-state index contributed by atoms with van der Waals surface area (Å²) >= 11 is 0. The van der Waals surface area contributed by atoms with Crippen molar-refractivity contribution in [3.8, 4) is 0 Å². The van der Waals surface area contributed by atoms with E-state index in [4.69, 9.17) is 5.73 Å². The lowest BCUT2D eigenvalue weighted by Crippen LogP contribution is -2.22. The maximum atomic E-state index is 5.64. The molecule has 15 heavy (non-hydrogen) atoms. The molecule has 1 atom stereocenters. The highest BCUT2D eigenvalue weighted by Crippen LogP contribution is 2.24. The van der Waals surface area contributed by atoms with Crippen LogP contribution in [0.25, 0.3) is 0 Å². The molecule has 0 amide bonds. The number of nitrogen functional groups attached to an aromatic ring is 1. The van der Waals surface area contributed by atoms with Crippen LogP contribution in [0.4, 0.5) is 11.8 Å². The number of hydrogen-bond donors (Lipinski definition) is 1. The van der Waals surface area contributed by atoms with Gasteiger partial charge in [-0.25, -0.2) is 4.98 Å². The molecule has 0 saturated carbocycles. The minimum Gasteiger partial charge on any atom is -0.384 e. The van der Waals surface area contributed by atoms with Gasteiger partial charge in [-0.1, -0.05) is 13.3 Å². The van der Waals surface area contributed by atoms with Gasteiger partial charge in [0.15, 0.2) is 0 Å². The fourth-order valence-corrected chi connectivity index (χ4v) is 2.17. The summed E-state index contributed by atoms with van der Waals surface area (Å²) in [5, 5.41) is 0. The predicted molar refractivity (Wildman–Crippen MR) is 61.7 cm³/mol. The second-order valence-corrected chi connectivity index (χ2v) is 4.17. The molecule has 82 valence electrons. The number of aromatic nitrogens is 2. The largest absolute Gasteiger partial charge is 0.384 e. The van der Waals surface area contributed by atoms with Gasteiger partial charge in [-0.05, 0) is 24.8 Å². The summed E-state index contributed by atoms with van der Waals surface area (Å²) < 4.78 is 0. The van der Waals surface area contributed by atoms with Crippen LogP contribution in [-0.4, -0.2) is 23.1 Å². The number of nitrogens with two attached hydrogens (primary N) is 1. The molecule has 2 rings (SSSR count). The van der Waals surface area contributed by atoms with Crippen LogP contribution >= 0.6 is 0 Å². The zero-order valence-corrected chi connectivity index (χ0v) is 9.19. The Balaban J connectivity index is 2.01. The second-order valence-electron chi connectivity index (χ2n) is 4.17. The average Bonchev–Trinajstić information content (AvgIpc) is 2.67. The van der Waals surface area contributed by atoms with E-state index >= 15 is 0 Å². The summed E-state index contributed by atoms with van der Waals surface area (Å²) in [6.45, 7) is 4.38. The Morgan fingerprint density at radius 3 is 3.20 bits per heavy atom. The van der Waals surface area contributed by atoms with Crippen molar-refractivity contribution in [1.82, 2.24) is 9.97 Å². The molecule has 0 radical (unpaired) electrons. The summed E-state index contributed by atoms with van der Waals surface area (Å²) in [6, 6.07) is 1.73. The zero-order chi connectivity index (χ0) is 10.7. The van der Waals surface area contributed by atoms with Gasteiger partial charge in [0.25, 0.3) is 0 Å². The standard InChI is InChI=1S/C11H18N4/c1-2-3-9-5-7-15(8-9)11-13-6-4-10(12)14-11/h4,6,9H,2-3,5,7-8H2,1H3,(H2,12,13,14). The van der Waals surface area contributed by atoms with Crippen molar-refractivity contribution in [2.24, 2.45) is 5.92 Å². The second kappa shape index (κ2) is 4.47. The van der Waals surface area contributed by atoms with Gasteiger partial charge in [0.1, 0.15) is 5.82 Å². The first kappa shape index (κ1) is 10.2. The van der Waals surface area contributed by atoms with E-state index in [2.05, 4.69) is 21.8 Å². The van der Waals surface area contributed by atoms with Crippen LogP contribution in [0.2, 0.25) is 0 Å². The average molecular weight is 206 g/mol. The molecule has 4 nitrogen and oxygen atoms in total. The summed E-state index contributed by atoms with van der Waals surface area (Å²) in [5.41, 5.74) is 5.64. The number of hydrogen-bond acceptors (Lipinski definition) is 4. The molecule has 0 aliphatic carbocycles. The van der Waals surface area contributed by atoms with Gasteiger partial charge in [-0.3, -0.25) is 0 Å². The SMILES string of the molecule is CCCC1CCN(c2nccc(N)n2)C1. The highest BCUT2D eigenvalue weighted by atomic mass is 15.3. The van der Waals surface area contributed by atoms with E-state index < -0.39 is 0 Å². The zero-order valence-electron chi connectivity index (χ0n) is 9.19. The van der Waals surface area contributed by atoms with E-state index in [-0.39, 0.29) is 0 Å². The molecular formula is C11H18N4. The van der Waals surface area contributed by atoms with Crippen molar-refractivity contribution in [3.05, 3.63) is 12.3 Å². The maximum absolute atomic E-state index is 5.64. The fourth-order valence-electron chi connectivity index (χ4n) is 2.17. The molecular weight excluding hydrogens is 188 g/mol. The normalized spacial score (nSPS) is 20.9. The van der Waals surface area contributed by atoms with Crippen LogP contribution in [0.3, 0.4) is 0 Å². The number of nitrogens with zero attached hydrogens (tertiary/aromatic N) is 3. The number of rotatable bonds is 3. The molecule has 1 fully saturated rings. The first-order valence-corrected chi connectivity index (χ1v) is 5.63. The third-order valence-electron chi connectivity index (χ3n) is 2.93. The molecule has 1 aliphatic heterocycles. The summed E-state index contributed by atoms with van der Waals surface area (Å²) in [6.07, 6.45) is 5.55. The smallest absolute Gasteiger partial charge is 0.227 e. The Labute approximate surface area is 90.5 Å². The third kappa shape index (κ3) is 2.37. The van der Waals surface area contributed by atoms with Crippen molar-refractivity contribution >= 4 is 11.8 Å². The topological polar surface area (TPSA) is 55.0 Å². The highest BCUT2D eigenvalue weighted by molar-refractivity contribution is 5.38. The van der Waals surface area contributed by atoms with Gasteiger partial charge in [-0.15, -0.1) is 0 Å². The van der Waals surface area contributed by atoms with Gasteiger partial charge in [0.05, 0.1) is 0 Å². The molecule has 0 aromatic carbocycles. The van der Waals surface area contributed by atoms with Crippen LogP contribution in [0.5, 0.6) is 0 Å². The van der Waals surface area contributed by atoms with Gasteiger partial charge < -0.3 is 10.6 Å². The first-order valence-electron chi connectivity index (χ1n) is 5.63. The molecule has 1 aromatic heterocycles. The Kier molecular flexibility index (Phi) is 3.04. The van der Waals surface area contributed by atoms with Gasteiger partial charge in [0.2, 0.25) is 5.95 Å². The Bertz CT molecular complexity index is 326. The van der Waals surface area contributed by atoms with Crippen LogP contribution in [0.15, 0.2) is 12.3 Å². The Hall–Kier alpha value is -1.32. The summed E-state index contributed by atoms with van der Waals surface area (Å²) in [7, 11) is 0.